The summed E-state index contributed by atoms with van der Waals surface area (Å²) < 4.78 is 0. The van der Waals surface area contributed by atoms with E-state index in [0.717, 1.165) is 17.7 Å². The fourth-order valence-corrected chi connectivity index (χ4v) is 2.13. The number of hydrogen-bond donors (Lipinski definition) is 2. The molecule has 82 valence electrons. The SMILES string of the molecule is CC1CC(O)c2cc(C(C)C)ccc2N1. The van der Waals surface area contributed by atoms with Gasteiger partial charge in [-0.2, -0.15) is 0 Å². The van der Waals surface area contributed by atoms with E-state index in [0.29, 0.717) is 12.0 Å². The number of anilines is 1. The van der Waals surface area contributed by atoms with E-state index in [1.807, 2.05) is 0 Å². The number of hydrogen-bond acceptors (Lipinski definition) is 2. The lowest BCUT2D eigenvalue weighted by atomic mass is 9.92. The van der Waals surface area contributed by atoms with Gasteiger partial charge >= 0.3 is 0 Å². The van der Waals surface area contributed by atoms with Gasteiger partial charge in [-0.15, -0.1) is 0 Å². The molecule has 2 N–H and O–H groups in total. The van der Waals surface area contributed by atoms with Crippen molar-refractivity contribution in [2.75, 3.05) is 5.32 Å². The van der Waals surface area contributed by atoms with Gasteiger partial charge in [0.15, 0.2) is 0 Å². The van der Waals surface area contributed by atoms with Crippen molar-refractivity contribution in [1.82, 2.24) is 0 Å². The second kappa shape index (κ2) is 3.86. The minimum Gasteiger partial charge on any atom is -0.388 e. The van der Waals surface area contributed by atoms with Crippen molar-refractivity contribution in [1.29, 1.82) is 0 Å². The Bertz CT molecular complexity index is 360. The maximum absolute atomic E-state index is 10.00. The van der Waals surface area contributed by atoms with Gasteiger partial charge in [0.25, 0.3) is 0 Å². The maximum atomic E-state index is 10.00. The molecule has 0 fully saturated rings. The first-order chi connectivity index (χ1) is 7.08. The Balaban J connectivity index is 2.39. The third-order valence-corrected chi connectivity index (χ3v) is 3.08. The van der Waals surface area contributed by atoms with Crippen LogP contribution in [-0.4, -0.2) is 11.1 Å². The Morgan fingerprint density at radius 2 is 2.13 bits per heavy atom. The van der Waals surface area contributed by atoms with Crippen LogP contribution in [0.2, 0.25) is 0 Å². The molecule has 2 heteroatoms. The summed E-state index contributed by atoms with van der Waals surface area (Å²) in [6.07, 6.45) is 0.490. The first kappa shape index (κ1) is 10.5. The molecule has 0 aromatic heterocycles. The zero-order valence-electron chi connectivity index (χ0n) is 9.62. The second-order valence-electron chi connectivity index (χ2n) is 4.80. The van der Waals surface area contributed by atoms with Crippen molar-refractivity contribution in [3.8, 4) is 0 Å². The molecule has 0 radical (unpaired) electrons. The van der Waals surface area contributed by atoms with Crippen LogP contribution in [0.3, 0.4) is 0 Å². The van der Waals surface area contributed by atoms with Crippen LogP contribution in [0, 0.1) is 0 Å². The van der Waals surface area contributed by atoms with Crippen molar-refractivity contribution in [2.45, 2.75) is 45.3 Å². The smallest absolute Gasteiger partial charge is 0.0829 e. The van der Waals surface area contributed by atoms with Crippen LogP contribution in [-0.2, 0) is 0 Å². The molecular formula is C13H19NO. The molecule has 1 aliphatic rings. The lowest BCUT2D eigenvalue weighted by Gasteiger charge is -2.29. The lowest BCUT2D eigenvalue weighted by molar-refractivity contribution is 0.158. The summed E-state index contributed by atoms with van der Waals surface area (Å²) in [4.78, 5) is 0. The molecule has 1 heterocycles. The highest BCUT2D eigenvalue weighted by Gasteiger charge is 2.22. The predicted molar refractivity (Wildman–Crippen MR) is 63.2 cm³/mol. The molecule has 0 bridgehead atoms. The molecule has 0 spiro atoms. The molecule has 1 aromatic rings. The van der Waals surface area contributed by atoms with E-state index in [1.54, 1.807) is 0 Å². The summed E-state index contributed by atoms with van der Waals surface area (Å²) in [7, 11) is 0. The highest BCUT2D eigenvalue weighted by Crippen LogP contribution is 2.34. The van der Waals surface area contributed by atoms with Gasteiger partial charge in [-0.05, 0) is 30.9 Å². The van der Waals surface area contributed by atoms with Gasteiger partial charge in [-0.1, -0.05) is 26.0 Å². The number of nitrogens with one attached hydrogen (secondary N) is 1. The van der Waals surface area contributed by atoms with Crippen LogP contribution in [0.1, 0.15) is 50.3 Å². The van der Waals surface area contributed by atoms with E-state index in [2.05, 4.69) is 44.3 Å². The summed E-state index contributed by atoms with van der Waals surface area (Å²) in [6, 6.07) is 6.71. The lowest BCUT2D eigenvalue weighted by Crippen LogP contribution is -2.25. The average Bonchev–Trinajstić information content (AvgIpc) is 2.16. The zero-order chi connectivity index (χ0) is 11.0. The van der Waals surface area contributed by atoms with Gasteiger partial charge in [0, 0.05) is 17.3 Å². The van der Waals surface area contributed by atoms with Gasteiger partial charge in [-0.3, -0.25) is 0 Å². The van der Waals surface area contributed by atoms with E-state index in [-0.39, 0.29) is 6.10 Å². The Morgan fingerprint density at radius 3 is 2.80 bits per heavy atom. The van der Waals surface area contributed by atoms with E-state index in [9.17, 15) is 5.11 Å². The van der Waals surface area contributed by atoms with Crippen LogP contribution in [0.25, 0.3) is 0 Å². The van der Waals surface area contributed by atoms with E-state index in [4.69, 9.17) is 0 Å². The van der Waals surface area contributed by atoms with Crippen LogP contribution in [0.4, 0.5) is 5.69 Å². The molecule has 0 amide bonds. The first-order valence-electron chi connectivity index (χ1n) is 5.66. The molecule has 0 aliphatic carbocycles. The van der Waals surface area contributed by atoms with Gasteiger partial charge in [-0.25, -0.2) is 0 Å². The van der Waals surface area contributed by atoms with Gasteiger partial charge in [0.1, 0.15) is 0 Å². The van der Waals surface area contributed by atoms with Gasteiger partial charge < -0.3 is 10.4 Å². The van der Waals surface area contributed by atoms with Crippen molar-refractivity contribution in [3.05, 3.63) is 29.3 Å². The van der Waals surface area contributed by atoms with Crippen LogP contribution < -0.4 is 5.32 Å². The molecule has 2 unspecified atom stereocenters. The maximum Gasteiger partial charge on any atom is 0.0829 e. The highest BCUT2D eigenvalue weighted by atomic mass is 16.3. The zero-order valence-corrected chi connectivity index (χ0v) is 9.62. The van der Waals surface area contributed by atoms with Crippen molar-refractivity contribution < 1.29 is 5.11 Å². The monoisotopic (exact) mass is 205 g/mol. The molecule has 2 nitrogen and oxygen atoms in total. The van der Waals surface area contributed by atoms with Crippen LogP contribution >= 0.6 is 0 Å². The molecule has 15 heavy (non-hydrogen) atoms. The third-order valence-electron chi connectivity index (χ3n) is 3.08. The Morgan fingerprint density at radius 1 is 1.40 bits per heavy atom. The Kier molecular flexibility index (Phi) is 2.70. The third kappa shape index (κ3) is 2.00. The number of benzene rings is 1. The quantitative estimate of drug-likeness (QED) is 0.738. The number of aliphatic hydroxyl groups is 1. The molecule has 0 saturated carbocycles. The van der Waals surface area contributed by atoms with Crippen LogP contribution in [0.15, 0.2) is 18.2 Å². The fourth-order valence-electron chi connectivity index (χ4n) is 2.13. The first-order valence-corrected chi connectivity index (χ1v) is 5.66. The Hall–Kier alpha value is -1.02. The average molecular weight is 205 g/mol. The Labute approximate surface area is 91.3 Å². The summed E-state index contributed by atoms with van der Waals surface area (Å²) >= 11 is 0. The van der Waals surface area contributed by atoms with Crippen molar-refractivity contribution in [2.24, 2.45) is 0 Å². The molecule has 1 aliphatic heterocycles. The van der Waals surface area contributed by atoms with E-state index >= 15 is 0 Å². The minimum absolute atomic E-state index is 0.310. The van der Waals surface area contributed by atoms with Crippen LogP contribution in [0.5, 0.6) is 0 Å². The molecule has 2 atom stereocenters. The van der Waals surface area contributed by atoms with E-state index in [1.165, 1.54) is 5.56 Å². The van der Waals surface area contributed by atoms with Crippen molar-refractivity contribution >= 4 is 5.69 Å². The molecule has 2 rings (SSSR count). The van der Waals surface area contributed by atoms with Gasteiger partial charge in [0.05, 0.1) is 6.10 Å². The summed E-state index contributed by atoms with van der Waals surface area (Å²) in [5.41, 5.74) is 3.44. The number of fused-ring (bicyclic) bond motifs is 1. The van der Waals surface area contributed by atoms with Gasteiger partial charge in [0.2, 0.25) is 0 Å². The number of rotatable bonds is 1. The summed E-state index contributed by atoms with van der Waals surface area (Å²) in [5.74, 6) is 0.516. The number of aliphatic hydroxyl groups excluding tert-OH is 1. The fraction of sp³-hybridized carbons (Fsp3) is 0.538. The highest BCUT2D eigenvalue weighted by molar-refractivity contribution is 5.56. The minimum atomic E-state index is -0.310. The predicted octanol–water partition coefficient (Wildman–Crippen LogP) is 3.05. The molecular weight excluding hydrogens is 186 g/mol. The summed E-state index contributed by atoms with van der Waals surface area (Å²) in [6.45, 7) is 6.45. The van der Waals surface area contributed by atoms with E-state index < -0.39 is 0 Å². The molecule has 1 aromatic carbocycles. The van der Waals surface area contributed by atoms with Crippen molar-refractivity contribution in [3.63, 3.8) is 0 Å². The molecule has 0 saturated heterocycles. The largest absolute Gasteiger partial charge is 0.388 e. The summed E-state index contributed by atoms with van der Waals surface area (Å²) in [5, 5.41) is 13.4. The standard InChI is InChI=1S/C13H19NO/c1-8(2)10-4-5-12-11(7-10)13(15)6-9(3)14-12/h4-5,7-9,13-15H,6H2,1-3H3. The normalized spacial score (nSPS) is 24.9. The topological polar surface area (TPSA) is 32.3 Å². The second-order valence-corrected chi connectivity index (χ2v) is 4.80.